The maximum absolute atomic E-state index is 12.2. The molecule has 4 aromatic carbocycles. The Bertz CT molecular complexity index is 1810. The first-order chi connectivity index (χ1) is 34.8. The number of benzene rings is 4. The first-order valence-electron chi connectivity index (χ1n) is 28.6. The molecule has 0 heterocycles. The second-order valence-electron chi connectivity index (χ2n) is 21.7. The first-order valence-corrected chi connectivity index (χ1v) is 29.7. The summed E-state index contributed by atoms with van der Waals surface area (Å²) in [6.07, 6.45) is 40.4. The Morgan fingerprint density at radius 3 is 0.833 bits per heavy atom. The number of carbonyl (C=O) groups is 2. The molecule has 0 atom stereocenters. The monoisotopic (exact) mass is 1010 g/mol. The number of hydrogen-bond donors (Lipinski definition) is 2. The molecule has 0 saturated carbocycles. The van der Waals surface area contributed by atoms with Gasteiger partial charge in [0.05, 0.1) is 63.2 Å². The summed E-state index contributed by atoms with van der Waals surface area (Å²) in [6, 6.07) is 33.3. The van der Waals surface area contributed by atoms with Crippen molar-refractivity contribution in [2.24, 2.45) is 0 Å². The molecular formula is C64H102N2O5S+2. The summed E-state index contributed by atoms with van der Waals surface area (Å²) >= 11 is 0. The molecule has 402 valence electrons. The fourth-order valence-electron chi connectivity index (χ4n) is 9.36. The Kier molecular flexibility index (Phi) is 35.8. The number of aromatic carboxylic acids is 2. The lowest BCUT2D eigenvalue weighted by atomic mass is 10.0. The van der Waals surface area contributed by atoms with Crippen molar-refractivity contribution < 1.29 is 33.0 Å². The molecule has 72 heavy (non-hydrogen) atoms. The molecule has 0 aliphatic heterocycles. The predicted octanol–water partition coefficient (Wildman–Crippen LogP) is 17.7. The summed E-state index contributed by atoms with van der Waals surface area (Å²) in [4.78, 5) is 22.4. The number of carboxylic acid groups (broad SMARTS) is 2. The van der Waals surface area contributed by atoms with Gasteiger partial charge in [-0.15, -0.1) is 0 Å². The average molecular weight is 1010 g/mol. The highest BCUT2D eigenvalue weighted by molar-refractivity contribution is 7.85. The zero-order valence-corrected chi connectivity index (χ0v) is 47.3. The van der Waals surface area contributed by atoms with Crippen LogP contribution in [0.3, 0.4) is 0 Å². The van der Waals surface area contributed by atoms with Crippen LogP contribution in [0.1, 0.15) is 225 Å². The fraction of sp³-hybridized carbons (Fsp3) is 0.594. The molecule has 4 rings (SSSR count). The maximum Gasteiger partial charge on any atom is 0.335 e. The van der Waals surface area contributed by atoms with Gasteiger partial charge in [-0.1, -0.05) is 229 Å². The van der Waals surface area contributed by atoms with E-state index in [0.29, 0.717) is 9.79 Å². The van der Waals surface area contributed by atoms with E-state index in [1.807, 2.05) is 0 Å². The van der Waals surface area contributed by atoms with Gasteiger partial charge in [0.1, 0.15) is 13.1 Å². The summed E-state index contributed by atoms with van der Waals surface area (Å²) in [6.45, 7) is 9.49. The standard InChI is InChI=1S/2C25H46N.C14H10O5S/c2*1-4-5-6-7-8-9-10-11-12-13-14-15-16-20-23-26(2,3)24-25-21-18-17-19-22-25;15-13(16)9-1-5-11(6-2-9)20(19)12-7-3-10(4-8-12)14(17)18/h2*17-19,21-22H,4-16,20,23-24H2,1-3H3;1-8H,(H,15,16)(H,17,18)/q2*+1;. The molecule has 0 aromatic heterocycles. The van der Waals surface area contributed by atoms with Crippen molar-refractivity contribution in [3.8, 4) is 0 Å². The van der Waals surface area contributed by atoms with Gasteiger partial charge in [-0.25, -0.2) is 13.8 Å². The molecule has 0 aliphatic carbocycles. The Morgan fingerprint density at radius 1 is 0.361 bits per heavy atom. The third-order valence-electron chi connectivity index (χ3n) is 13.8. The van der Waals surface area contributed by atoms with Crippen LogP contribution in [-0.2, 0) is 23.9 Å². The van der Waals surface area contributed by atoms with E-state index in [4.69, 9.17) is 10.2 Å². The molecule has 0 saturated heterocycles. The summed E-state index contributed by atoms with van der Waals surface area (Å²) in [5.74, 6) is -2.10. The van der Waals surface area contributed by atoms with Crippen molar-refractivity contribution in [2.45, 2.75) is 217 Å². The van der Waals surface area contributed by atoms with Crippen molar-refractivity contribution in [1.29, 1.82) is 0 Å². The summed E-state index contributed by atoms with van der Waals surface area (Å²) in [5, 5.41) is 17.6. The van der Waals surface area contributed by atoms with Gasteiger partial charge in [0.25, 0.3) is 0 Å². The molecule has 8 heteroatoms. The van der Waals surface area contributed by atoms with E-state index in [1.165, 1.54) is 253 Å². The van der Waals surface area contributed by atoms with Crippen LogP contribution < -0.4 is 0 Å². The lowest BCUT2D eigenvalue weighted by molar-refractivity contribution is -0.903. The third kappa shape index (κ3) is 32.9. The minimum Gasteiger partial charge on any atom is -0.478 e. The van der Waals surface area contributed by atoms with Crippen molar-refractivity contribution in [3.05, 3.63) is 131 Å². The maximum atomic E-state index is 12.2. The Morgan fingerprint density at radius 2 is 0.597 bits per heavy atom. The van der Waals surface area contributed by atoms with E-state index in [1.54, 1.807) is 0 Å². The Labute approximate surface area is 442 Å². The van der Waals surface area contributed by atoms with Crippen LogP contribution in [0, 0.1) is 0 Å². The van der Waals surface area contributed by atoms with Gasteiger partial charge < -0.3 is 19.2 Å². The zero-order valence-electron chi connectivity index (χ0n) is 46.4. The highest BCUT2D eigenvalue weighted by Crippen LogP contribution is 2.20. The van der Waals surface area contributed by atoms with Crippen LogP contribution in [0.2, 0.25) is 0 Å². The van der Waals surface area contributed by atoms with Crippen molar-refractivity contribution in [3.63, 3.8) is 0 Å². The summed E-state index contributed by atoms with van der Waals surface area (Å²) in [5.41, 5.74) is 3.16. The van der Waals surface area contributed by atoms with E-state index >= 15 is 0 Å². The van der Waals surface area contributed by atoms with Gasteiger partial charge in [0, 0.05) is 20.9 Å². The third-order valence-corrected chi connectivity index (χ3v) is 15.2. The second-order valence-corrected chi connectivity index (χ2v) is 23.2. The number of quaternary nitrogens is 2. The molecule has 0 spiro atoms. The average Bonchev–Trinajstić information content (AvgIpc) is 3.37. The van der Waals surface area contributed by atoms with E-state index < -0.39 is 22.7 Å². The van der Waals surface area contributed by atoms with Gasteiger partial charge >= 0.3 is 11.9 Å². The smallest absolute Gasteiger partial charge is 0.335 e. The van der Waals surface area contributed by atoms with E-state index in [-0.39, 0.29) is 11.1 Å². The quantitative estimate of drug-likeness (QED) is 0.0345. The highest BCUT2D eigenvalue weighted by Gasteiger charge is 2.16. The number of rotatable bonds is 38. The molecule has 0 radical (unpaired) electrons. The second kappa shape index (κ2) is 40.3. The number of hydrogen-bond acceptors (Lipinski definition) is 3. The van der Waals surface area contributed by atoms with Crippen LogP contribution >= 0.6 is 0 Å². The highest BCUT2D eigenvalue weighted by atomic mass is 32.2. The van der Waals surface area contributed by atoms with E-state index in [0.717, 1.165) is 22.1 Å². The van der Waals surface area contributed by atoms with E-state index in [9.17, 15) is 13.8 Å². The van der Waals surface area contributed by atoms with E-state index in [2.05, 4.69) is 103 Å². The van der Waals surface area contributed by atoms with Gasteiger partial charge in [0.2, 0.25) is 0 Å². The lowest BCUT2D eigenvalue weighted by Gasteiger charge is -2.30. The van der Waals surface area contributed by atoms with Crippen molar-refractivity contribution in [1.82, 2.24) is 0 Å². The SMILES string of the molecule is CCCCCCCCCCCCCCCC[N+](C)(C)Cc1ccccc1.CCCCCCCCCCCCCCCC[N+](C)(C)Cc1ccccc1.O=C(O)c1ccc(S(=O)c2ccc(C(=O)O)cc2)cc1. The Hall–Kier alpha value is -4.11. The minimum absolute atomic E-state index is 0.118. The van der Waals surface area contributed by atoms with Crippen LogP contribution in [0.25, 0.3) is 0 Å². The number of unbranched alkanes of at least 4 members (excludes halogenated alkanes) is 26. The molecule has 0 bridgehead atoms. The summed E-state index contributed by atoms with van der Waals surface area (Å²) < 4.78 is 14.5. The normalized spacial score (nSPS) is 11.4. The van der Waals surface area contributed by atoms with Crippen LogP contribution in [0.5, 0.6) is 0 Å². The lowest BCUT2D eigenvalue weighted by Crippen LogP contribution is -2.39. The fourth-order valence-corrected chi connectivity index (χ4v) is 10.4. The topological polar surface area (TPSA) is 91.7 Å². The molecule has 2 N–H and O–H groups in total. The minimum atomic E-state index is -1.48. The van der Waals surface area contributed by atoms with Gasteiger partial charge in [-0.2, -0.15) is 0 Å². The zero-order chi connectivity index (χ0) is 52.6. The number of carboxylic acids is 2. The van der Waals surface area contributed by atoms with Crippen molar-refractivity contribution >= 4 is 22.7 Å². The molecule has 7 nitrogen and oxygen atoms in total. The summed E-state index contributed by atoms with van der Waals surface area (Å²) in [7, 11) is 8.01. The molecule has 4 aromatic rings. The molecule has 0 fully saturated rings. The number of nitrogens with zero attached hydrogens (tertiary/aromatic N) is 2. The van der Waals surface area contributed by atoms with Gasteiger partial charge in [0.15, 0.2) is 0 Å². The molecule has 0 amide bonds. The van der Waals surface area contributed by atoms with Crippen LogP contribution in [-0.4, -0.2) is 76.6 Å². The van der Waals surface area contributed by atoms with Crippen molar-refractivity contribution in [2.75, 3.05) is 41.3 Å². The van der Waals surface area contributed by atoms with Crippen LogP contribution in [0.4, 0.5) is 0 Å². The molecule has 0 unspecified atom stereocenters. The van der Waals surface area contributed by atoms with Crippen LogP contribution in [0.15, 0.2) is 119 Å². The Balaban J connectivity index is 0.000000373. The molecular weight excluding hydrogens is 909 g/mol. The van der Waals surface area contributed by atoms with Gasteiger partial charge in [-0.05, 0) is 74.2 Å². The first kappa shape index (κ1) is 64.0. The molecule has 0 aliphatic rings. The predicted molar refractivity (Wildman–Crippen MR) is 306 cm³/mol. The largest absolute Gasteiger partial charge is 0.478 e. The van der Waals surface area contributed by atoms with Gasteiger partial charge in [-0.3, -0.25) is 0 Å².